The van der Waals surface area contributed by atoms with Gasteiger partial charge >= 0.3 is 5.97 Å². The second-order valence-corrected chi connectivity index (χ2v) is 9.25. The molecule has 7 heteroatoms. The van der Waals surface area contributed by atoms with E-state index in [0.717, 1.165) is 70.6 Å². The van der Waals surface area contributed by atoms with E-state index in [0.29, 0.717) is 42.6 Å². The SMILES string of the molecule is CCCCCCOc1cc(C(=O)N[C@@H](C)C(=O)OC)cc(OCCCCCC)c1OCCCCCC. The van der Waals surface area contributed by atoms with Gasteiger partial charge in [-0.2, -0.15) is 0 Å². The molecule has 0 spiro atoms. The number of carbonyl (C=O) groups excluding carboxylic acids is 2. The average Bonchev–Trinajstić information content (AvgIpc) is 2.88. The van der Waals surface area contributed by atoms with Crippen molar-refractivity contribution in [3.8, 4) is 17.2 Å². The number of hydrogen-bond acceptors (Lipinski definition) is 6. The van der Waals surface area contributed by atoms with E-state index in [4.69, 9.17) is 18.9 Å². The highest BCUT2D eigenvalue weighted by Gasteiger charge is 2.22. The number of carbonyl (C=O) groups is 2. The topological polar surface area (TPSA) is 83.1 Å². The van der Waals surface area contributed by atoms with E-state index in [9.17, 15) is 9.59 Å². The van der Waals surface area contributed by atoms with Crippen LogP contribution in [0.3, 0.4) is 0 Å². The molecule has 0 fully saturated rings. The van der Waals surface area contributed by atoms with E-state index < -0.39 is 17.9 Å². The molecule has 0 heterocycles. The highest BCUT2D eigenvalue weighted by molar-refractivity contribution is 5.97. The molecule has 0 radical (unpaired) electrons. The number of hydrogen-bond donors (Lipinski definition) is 1. The molecule has 1 aromatic rings. The first kappa shape index (κ1) is 31.6. The van der Waals surface area contributed by atoms with Crippen LogP contribution in [0.4, 0.5) is 0 Å². The Bertz CT molecular complexity index is 716. The Kier molecular flexibility index (Phi) is 17.3. The molecule has 1 atom stereocenters. The molecule has 1 N–H and O–H groups in total. The molecule has 0 aliphatic carbocycles. The third-order valence-corrected chi connectivity index (χ3v) is 5.94. The van der Waals surface area contributed by atoms with Crippen molar-refractivity contribution < 1.29 is 28.5 Å². The van der Waals surface area contributed by atoms with Gasteiger partial charge in [0.15, 0.2) is 11.5 Å². The molecule has 0 aliphatic heterocycles. The zero-order chi connectivity index (χ0) is 26.6. The summed E-state index contributed by atoms with van der Waals surface area (Å²) >= 11 is 0. The average molecular weight is 508 g/mol. The van der Waals surface area contributed by atoms with Crippen molar-refractivity contribution in [2.45, 2.75) is 111 Å². The van der Waals surface area contributed by atoms with E-state index in [1.807, 2.05) is 0 Å². The molecule has 0 saturated carbocycles. The van der Waals surface area contributed by atoms with Crippen LogP contribution in [0.2, 0.25) is 0 Å². The molecule has 36 heavy (non-hydrogen) atoms. The smallest absolute Gasteiger partial charge is 0.328 e. The fourth-order valence-electron chi connectivity index (χ4n) is 3.71. The van der Waals surface area contributed by atoms with Crippen molar-refractivity contribution in [3.05, 3.63) is 17.7 Å². The van der Waals surface area contributed by atoms with E-state index in [2.05, 4.69) is 26.1 Å². The maximum Gasteiger partial charge on any atom is 0.328 e. The summed E-state index contributed by atoms with van der Waals surface area (Å²) in [7, 11) is 1.30. The number of rotatable bonds is 21. The lowest BCUT2D eigenvalue weighted by Gasteiger charge is -2.19. The summed E-state index contributed by atoms with van der Waals surface area (Å²) in [6, 6.07) is 2.60. The van der Waals surface area contributed by atoms with Gasteiger partial charge in [-0.1, -0.05) is 78.6 Å². The van der Waals surface area contributed by atoms with Crippen molar-refractivity contribution in [2.24, 2.45) is 0 Å². The summed E-state index contributed by atoms with van der Waals surface area (Å²) in [6.07, 6.45) is 13.0. The van der Waals surface area contributed by atoms with Crippen LogP contribution in [-0.2, 0) is 9.53 Å². The number of benzene rings is 1. The summed E-state index contributed by atoms with van der Waals surface area (Å²) in [5.74, 6) is 0.659. The van der Waals surface area contributed by atoms with Crippen LogP contribution in [0.15, 0.2) is 12.1 Å². The van der Waals surface area contributed by atoms with Gasteiger partial charge < -0.3 is 24.3 Å². The number of amides is 1. The zero-order valence-corrected chi connectivity index (χ0v) is 23.3. The number of methoxy groups -OCH3 is 1. The largest absolute Gasteiger partial charge is 0.490 e. The molecule has 1 rings (SSSR count). The van der Waals surface area contributed by atoms with E-state index >= 15 is 0 Å². The fourth-order valence-corrected chi connectivity index (χ4v) is 3.71. The van der Waals surface area contributed by atoms with Gasteiger partial charge in [-0.05, 0) is 38.3 Å². The maximum absolute atomic E-state index is 13.0. The van der Waals surface area contributed by atoms with Crippen molar-refractivity contribution in [2.75, 3.05) is 26.9 Å². The van der Waals surface area contributed by atoms with Gasteiger partial charge in [-0.15, -0.1) is 0 Å². The standard InChI is InChI=1S/C29H49NO6/c1-6-9-12-15-18-34-25-21-24(28(31)30-23(4)29(32)33-5)22-26(35-19-16-13-10-7-2)27(25)36-20-17-14-11-8-3/h21-23H,6-20H2,1-5H3,(H,30,31)/t23-/m0/s1. The first-order valence-electron chi connectivity index (χ1n) is 13.9. The van der Waals surface area contributed by atoms with Crippen molar-refractivity contribution in [1.82, 2.24) is 5.32 Å². The second kappa shape index (κ2) is 19.7. The Hall–Kier alpha value is -2.44. The summed E-state index contributed by atoms with van der Waals surface area (Å²) in [5.41, 5.74) is 0.358. The highest BCUT2D eigenvalue weighted by atomic mass is 16.5. The molecular weight excluding hydrogens is 458 g/mol. The van der Waals surface area contributed by atoms with Crippen LogP contribution in [0.5, 0.6) is 17.2 Å². The van der Waals surface area contributed by atoms with Crippen LogP contribution < -0.4 is 19.5 Å². The lowest BCUT2D eigenvalue weighted by molar-refractivity contribution is -0.142. The van der Waals surface area contributed by atoms with Crippen LogP contribution in [-0.4, -0.2) is 44.8 Å². The first-order valence-corrected chi connectivity index (χ1v) is 13.9. The van der Waals surface area contributed by atoms with Crippen LogP contribution in [0.1, 0.15) is 115 Å². The third kappa shape index (κ3) is 12.5. The molecule has 1 aromatic carbocycles. The van der Waals surface area contributed by atoms with Gasteiger partial charge in [0.05, 0.1) is 26.9 Å². The molecule has 0 aromatic heterocycles. The Balaban J connectivity index is 3.16. The van der Waals surface area contributed by atoms with Gasteiger partial charge in [-0.3, -0.25) is 4.79 Å². The Morgan fingerprint density at radius 2 is 1.17 bits per heavy atom. The molecular formula is C29H49NO6. The van der Waals surface area contributed by atoms with Crippen molar-refractivity contribution in [3.63, 3.8) is 0 Å². The van der Waals surface area contributed by atoms with Gasteiger partial charge in [0.1, 0.15) is 6.04 Å². The number of ether oxygens (including phenoxy) is 4. The maximum atomic E-state index is 13.0. The lowest BCUT2D eigenvalue weighted by atomic mass is 10.1. The zero-order valence-electron chi connectivity index (χ0n) is 23.3. The predicted molar refractivity (Wildman–Crippen MR) is 144 cm³/mol. The van der Waals surface area contributed by atoms with Crippen LogP contribution in [0, 0.1) is 0 Å². The quantitative estimate of drug-likeness (QED) is 0.145. The van der Waals surface area contributed by atoms with Gasteiger partial charge in [0.2, 0.25) is 5.75 Å². The number of esters is 1. The van der Waals surface area contributed by atoms with E-state index in [-0.39, 0.29) is 0 Å². The van der Waals surface area contributed by atoms with Crippen LogP contribution in [0.25, 0.3) is 0 Å². The summed E-state index contributed by atoms with van der Waals surface area (Å²) < 4.78 is 23.2. The Morgan fingerprint density at radius 1 is 0.722 bits per heavy atom. The predicted octanol–water partition coefficient (Wildman–Crippen LogP) is 6.86. The second-order valence-electron chi connectivity index (χ2n) is 9.25. The normalized spacial score (nSPS) is 11.6. The van der Waals surface area contributed by atoms with Crippen molar-refractivity contribution >= 4 is 11.9 Å². The molecule has 0 aliphatic rings. The van der Waals surface area contributed by atoms with E-state index in [1.54, 1.807) is 19.1 Å². The third-order valence-electron chi connectivity index (χ3n) is 5.94. The Morgan fingerprint density at radius 3 is 1.58 bits per heavy atom. The number of unbranched alkanes of at least 4 members (excludes halogenated alkanes) is 9. The van der Waals surface area contributed by atoms with Gasteiger partial charge in [0, 0.05) is 5.56 Å². The summed E-state index contributed by atoms with van der Waals surface area (Å²) in [6.45, 7) is 9.75. The van der Waals surface area contributed by atoms with Crippen LogP contribution >= 0.6 is 0 Å². The van der Waals surface area contributed by atoms with Gasteiger partial charge in [0.25, 0.3) is 5.91 Å². The van der Waals surface area contributed by atoms with E-state index in [1.165, 1.54) is 13.5 Å². The lowest BCUT2D eigenvalue weighted by Crippen LogP contribution is -2.39. The first-order chi connectivity index (χ1) is 17.5. The molecule has 0 saturated heterocycles. The molecule has 0 unspecified atom stereocenters. The minimum absolute atomic E-state index is 0.358. The van der Waals surface area contributed by atoms with Crippen molar-refractivity contribution in [1.29, 1.82) is 0 Å². The minimum Gasteiger partial charge on any atom is -0.490 e. The van der Waals surface area contributed by atoms with Gasteiger partial charge in [-0.25, -0.2) is 4.79 Å². The molecule has 206 valence electrons. The monoisotopic (exact) mass is 507 g/mol. The fraction of sp³-hybridized carbons (Fsp3) is 0.724. The summed E-state index contributed by atoms with van der Waals surface area (Å²) in [5, 5.41) is 2.69. The minimum atomic E-state index is -0.770. The molecule has 0 bridgehead atoms. The molecule has 7 nitrogen and oxygen atoms in total. The highest BCUT2D eigenvalue weighted by Crippen LogP contribution is 2.39. The molecule has 1 amide bonds. The summed E-state index contributed by atoms with van der Waals surface area (Å²) in [4.78, 5) is 24.8. The Labute approximate surface area is 218 Å². The number of nitrogens with one attached hydrogen (secondary N) is 1.